The molecule has 1 N–H and O–H groups in total. The summed E-state index contributed by atoms with van der Waals surface area (Å²) in [5.74, 6) is -0.441. The Bertz CT molecular complexity index is 1010. The molecule has 1 heterocycles. The van der Waals surface area contributed by atoms with E-state index in [0.29, 0.717) is 6.54 Å². The highest BCUT2D eigenvalue weighted by Crippen LogP contribution is 2.32. The molecule has 4 heteroatoms. The molecular weight excluding hydrogens is 336 g/mol. The molecule has 0 aliphatic carbocycles. The first-order chi connectivity index (χ1) is 13.2. The van der Waals surface area contributed by atoms with E-state index in [2.05, 4.69) is 12.2 Å². The molecule has 1 aliphatic rings. The lowest BCUT2D eigenvalue weighted by molar-refractivity contribution is -0.122. The number of hydrogen-bond acceptors (Lipinski definition) is 2. The zero-order valence-electron chi connectivity index (χ0n) is 15.3. The Balaban J connectivity index is 1.56. The van der Waals surface area contributed by atoms with Gasteiger partial charge in [-0.1, -0.05) is 61.5 Å². The third kappa shape index (κ3) is 3.31. The van der Waals surface area contributed by atoms with E-state index in [4.69, 9.17) is 0 Å². The highest BCUT2D eigenvalue weighted by molar-refractivity contribution is 6.08. The number of amides is 2. The summed E-state index contributed by atoms with van der Waals surface area (Å²) >= 11 is 0. The number of nitrogens with one attached hydrogen (secondary N) is 1. The van der Waals surface area contributed by atoms with Gasteiger partial charge in [0.1, 0.15) is 0 Å². The van der Waals surface area contributed by atoms with Crippen molar-refractivity contribution in [3.63, 3.8) is 0 Å². The maximum Gasteiger partial charge on any atom is 0.229 e. The summed E-state index contributed by atoms with van der Waals surface area (Å²) in [5, 5.41) is 5.14. The molecule has 0 unspecified atom stereocenters. The average molecular weight is 358 g/mol. The average Bonchev–Trinajstić information content (AvgIpc) is 3.09. The summed E-state index contributed by atoms with van der Waals surface area (Å²) in [7, 11) is 0. The molecule has 0 saturated carbocycles. The fourth-order valence-electron chi connectivity index (χ4n) is 3.75. The number of para-hydroxylation sites is 1. The maximum absolute atomic E-state index is 12.8. The highest BCUT2D eigenvalue weighted by atomic mass is 16.2. The van der Waals surface area contributed by atoms with Crippen molar-refractivity contribution in [3.05, 3.63) is 72.3 Å². The first kappa shape index (κ1) is 17.3. The van der Waals surface area contributed by atoms with Gasteiger partial charge in [-0.15, -0.1) is 0 Å². The number of carbonyl (C=O) groups excluding carboxylic acids is 2. The van der Waals surface area contributed by atoms with E-state index >= 15 is 0 Å². The predicted octanol–water partition coefficient (Wildman–Crippen LogP) is 4.39. The lowest BCUT2D eigenvalue weighted by atomic mass is 10.1. The Morgan fingerprint density at radius 3 is 2.63 bits per heavy atom. The number of aryl methyl sites for hydroxylation is 1. The summed E-state index contributed by atoms with van der Waals surface area (Å²) in [5.41, 5.74) is 2.81. The zero-order valence-corrected chi connectivity index (χ0v) is 15.3. The molecule has 1 fully saturated rings. The second-order valence-corrected chi connectivity index (χ2v) is 6.90. The second kappa shape index (κ2) is 7.23. The van der Waals surface area contributed by atoms with Crippen LogP contribution in [0.15, 0.2) is 66.7 Å². The fraction of sp³-hybridized carbons (Fsp3) is 0.217. The van der Waals surface area contributed by atoms with Crippen molar-refractivity contribution in [1.29, 1.82) is 0 Å². The Hall–Kier alpha value is -3.14. The first-order valence-electron chi connectivity index (χ1n) is 9.34. The molecular formula is C23H22N2O2. The third-order valence-corrected chi connectivity index (χ3v) is 5.21. The van der Waals surface area contributed by atoms with Crippen LogP contribution in [0.3, 0.4) is 0 Å². The molecule has 4 nitrogen and oxygen atoms in total. The molecule has 0 spiro atoms. The number of anilines is 2. The molecule has 0 bridgehead atoms. The summed E-state index contributed by atoms with van der Waals surface area (Å²) in [6, 6.07) is 21.8. The molecule has 3 aromatic carbocycles. The normalized spacial score (nSPS) is 16.7. The van der Waals surface area contributed by atoms with Crippen molar-refractivity contribution in [2.75, 3.05) is 16.8 Å². The van der Waals surface area contributed by atoms with Gasteiger partial charge >= 0.3 is 0 Å². The lowest BCUT2D eigenvalue weighted by Gasteiger charge is -2.19. The van der Waals surface area contributed by atoms with Gasteiger partial charge in [0.05, 0.1) is 11.6 Å². The van der Waals surface area contributed by atoms with E-state index in [-0.39, 0.29) is 24.2 Å². The zero-order chi connectivity index (χ0) is 18.8. The van der Waals surface area contributed by atoms with Crippen LogP contribution in [0.1, 0.15) is 18.9 Å². The van der Waals surface area contributed by atoms with Gasteiger partial charge in [0.15, 0.2) is 0 Å². The molecule has 1 atom stereocenters. The number of fused-ring (bicyclic) bond motifs is 1. The summed E-state index contributed by atoms with van der Waals surface area (Å²) < 4.78 is 0. The largest absolute Gasteiger partial charge is 0.326 e. The quantitative estimate of drug-likeness (QED) is 0.752. The number of benzene rings is 3. The smallest absolute Gasteiger partial charge is 0.229 e. The van der Waals surface area contributed by atoms with Crippen LogP contribution < -0.4 is 10.2 Å². The van der Waals surface area contributed by atoms with Gasteiger partial charge in [-0.3, -0.25) is 9.59 Å². The van der Waals surface area contributed by atoms with E-state index in [0.717, 1.165) is 34.1 Å². The number of rotatable bonds is 4. The van der Waals surface area contributed by atoms with Gasteiger partial charge in [-0.25, -0.2) is 0 Å². The van der Waals surface area contributed by atoms with Crippen LogP contribution in [0, 0.1) is 5.92 Å². The number of nitrogens with zero attached hydrogens (tertiary/aromatic N) is 1. The molecule has 1 saturated heterocycles. The molecule has 2 amide bonds. The van der Waals surface area contributed by atoms with E-state index in [9.17, 15) is 9.59 Å². The minimum atomic E-state index is -0.346. The minimum Gasteiger partial charge on any atom is -0.326 e. The summed E-state index contributed by atoms with van der Waals surface area (Å²) in [4.78, 5) is 27.2. The summed E-state index contributed by atoms with van der Waals surface area (Å²) in [6.45, 7) is 2.47. The van der Waals surface area contributed by atoms with Crippen molar-refractivity contribution >= 4 is 34.0 Å². The van der Waals surface area contributed by atoms with E-state index in [1.165, 1.54) is 0 Å². The Morgan fingerprint density at radius 1 is 1.04 bits per heavy atom. The van der Waals surface area contributed by atoms with Gasteiger partial charge in [0.2, 0.25) is 11.8 Å². The van der Waals surface area contributed by atoms with Crippen molar-refractivity contribution in [2.24, 2.45) is 5.92 Å². The minimum absolute atomic E-state index is 0.00437. The Kier molecular flexibility index (Phi) is 4.63. The van der Waals surface area contributed by atoms with Crippen molar-refractivity contribution < 1.29 is 9.59 Å². The standard InChI is InChI=1S/C23H22N2O2/c1-2-16-8-4-6-12-20(16)24-23(27)18-14-22(26)25(15-18)21-13-7-10-17-9-3-5-11-19(17)21/h3-13,18H,2,14-15H2,1H3,(H,24,27)/t18-/m0/s1. The van der Waals surface area contributed by atoms with Crippen molar-refractivity contribution in [3.8, 4) is 0 Å². The van der Waals surface area contributed by atoms with Crippen LogP contribution in [0.5, 0.6) is 0 Å². The third-order valence-electron chi connectivity index (χ3n) is 5.21. The van der Waals surface area contributed by atoms with Gasteiger partial charge < -0.3 is 10.2 Å². The van der Waals surface area contributed by atoms with E-state index < -0.39 is 0 Å². The fourth-order valence-corrected chi connectivity index (χ4v) is 3.75. The molecule has 0 aromatic heterocycles. The van der Waals surface area contributed by atoms with Crippen LogP contribution in [0.25, 0.3) is 10.8 Å². The predicted molar refractivity (Wildman–Crippen MR) is 109 cm³/mol. The first-order valence-corrected chi connectivity index (χ1v) is 9.34. The van der Waals surface area contributed by atoms with Gasteiger partial charge in [-0.2, -0.15) is 0 Å². The Labute approximate surface area is 158 Å². The molecule has 4 rings (SSSR count). The maximum atomic E-state index is 12.8. The molecule has 0 radical (unpaired) electrons. The molecule has 27 heavy (non-hydrogen) atoms. The molecule has 136 valence electrons. The van der Waals surface area contributed by atoms with E-state index in [1.807, 2.05) is 66.7 Å². The van der Waals surface area contributed by atoms with E-state index in [1.54, 1.807) is 4.90 Å². The summed E-state index contributed by atoms with van der Waals surface area (Å²) in [6.07, 6.45) is 1.09. The van der Waals surface area contributed by atoms with Crippen LogP contribution in [0.4, 0.5) is 11.4 Å². The van der Waals surface area contributed by atoms with Crippen molar-refractivity contribution in [2.45, 2.75) is 19.8 Å². The lowest BCUT2D eigenvalue weighted by Crippen LogP contribution is -2.28. The van der Waals surface area contributed by atoms with Gasteiger partial charge in [0.25, 0.3) is 0 Å². The van der Waals surface area contributed by atoms with Crippen LogP contribution in [-0.2, 0) is 16.0 Å². The van der Waals surface area contributed by atoms with Crippen molar-refractivity contribution in [1.82, 2.24) is 0 Å². The van der Waals surface area contributed by atoms with Crippen LogP contribution in [0.2, 0.25) is 0 Å². The van der Waals surface area contributed by atoms with Crippen LogP contribution >= 0.6 is 0 Å². The molecule has 3 aromatic rings. The topological polar surface area (TPSA) is 49.4 Å². The number of carbonyl (C=O) groups is 2. The SMILES string of the molecule is CCc1ccccc1NC(=O)[C@H]1CC(=O)N(c2cccc3ccccc23)C1. The second-order valence-electron chi connectivity index (χ2n) is 6.90. The highest BCUT2D eigenvalue weighted by Gasteiger charge is 2.35. The van der Waals surface area contributed by atoms with Gasteiger partial charge in [0, 0.05) is 24.0 Å². The van der Waals surface area contributed by atoms with Gasteiger partial charge in [-0.05, 0) is 29.5 Å². The Morgan fingerprint density at radius 2 is 1.78 bits per heavy atom. The van der Waals surface area contributed by atoms with Crippen LogP contribution in [-0.4, -0.2) is 18.4 Å². The monoisotopic (exact) mass is 358 g/mol. The molecule has 1 aliphatic heterocycles. The number of hydrogen-bond donors (Lipinski definition) is 1.